The quantitative estimate of drug-likeness (QED) is 0.483. The Kier molecular flexibility index (Phi) is 4.64. The lowest BCUT2D eigenvalue weighted by Crippen LogP contribution is -2.40. The summed E-state index contributed by atoms with van der Waals surface area (Å²) < 4.78 is 4.45. The van der Waals surface area contributed by atoms with Gasteiger partial charge < -0.3 is 0 Å². The Balaban J connectivity index is 1.63. The van der Waals surface area contributed by atoms with E-state index in [1.807, 2.05) is 48.5 Å². The second kappa shape index (κ2) is 7.08. The molecule has 4 rings (SSSR count). The Morgan fingerprint density at radius 1 is 1.12 bits per heavy atom. The lowest BCUT2D eigenvalue weighted by Gasteiger charge is -2.02. The summed E-state index contributed by atoms with van der Waals surface area (Å²) >= 11 is 6.02. The molecule has 1 aromatic heterocycles. The van der Waals surface area contributed by atoms with Gasteiger partial charge in [-0.1, -0.05) is 42.8 Å². The van der Waals surface area contributed by atoms with E-state index in [-0.39, 0.29) is 5.78 Å². The van der Waals surface area contributed by atoms with Crippen molar-refractivity contribution in [3.05, 3.63) is 76.7 Å². The van der Waals surface area contributed by atoms with Crippen LogP contribution in [-0.2, 0) is 25.9 Å². The first kappa shape index (κ1) is 17.0. The maximum absolute atomic E-state index is 12.8. The van der Waals surface area contributed by atoms with Crippen molar-refractivity contribution in [2.45, 2.75) is 39.3 Å². The first-order valence-electron chi connectivity index (χ1n) is 9.15. The van der Waals surface area contributed by atoms with Crippen molar-refractivity contribution in [1.29, 1.82) is 0 Å². The van der Waals surface area contributed by atoms with E-state index in [1.54, 1.807) is 0 Å². The molecule has 1 aliphatic rings. The normalized spacial score (nSPS) is 13.0. The summed E-state index contributed by atoms with van der Waals surface area (Å²) in [5.74, 6) is 1.38. The molecular formula is C22H22ClN2O+. The molecule has 0 N–H and O–H groups in total. The van der Waals surface area contributed by atoms with Crippen molar-refractivity contribution < 1.29 is 9.36 Å². The smallest absolute Gasteiger partial charge is 0.257 e. The lowest BCUT2D eigenvalue weighted by molar-refractivity contribution is -0.689. The van der Waals surface area contributed by atoms with Gasteiger partial charge in [0.15, 0.2) is 12.2 Å². The maximum atomic E-state index is 12.8. The number of carbonyl (C=O) groups excluding carboxylic acids is 1. The molecule has 0 atom stereocenters. The second-order valence-electron chi connectivity index (χ2n) is 6.79. The summed E-state index contributed by atoms with van der Waals surface area (Å²) in [6, 6.07) is 15.9. The number of nitrogens with zero attached hydrogens (tertiary/aromatic N) is 2. The largest absolute Gasteiger partial charge is 0.290 e. The number of Topliss-reactive ketones (excluding diaryl/α,β-unsaturated/α-hetero) is 1. The van der Waals surface area contributed by atoms with Crippen LogP contribution in [0.5, 0.6) is 0 Å². The van der Waals surface area contributed by atoms with Gasteiger partial charge in [-0.25, -0.2) is 9.13 Å². The van der Waals surface area contributed by atoms with Gasteiger partial charge in [0.1, 0.15) is 6.20 Å². The Bertz CT molecular complexity index is 940. The van der Waals surface area contributed by atoms with Crippen LogP contribution in [0, 0.1) is 0 Å². The molecule has 4 heteroatoms. The minimum absolute atomic E-state index is 0.153. The third kappa shape index (κ3) is 3.19. The van der Waals surface area contributed by atoms with Gasteiger partial charge in [0.25, 0.3) is 5.82 Å². The Labute approximate surface area is 158 Å². The monoisotopic (exact) mass is 365 g/mol. The van der Waals surface area contributed by atoms with E-state index in [0.29, 0.717) is 6.54 Å². The molecule has 26 heavy (non-hydrogen) atoms. The molecule has 0 bridgehead atoms. The molecule has 0 radical (unpaired) electrons. The highest BCUT2D eigenvalue weighted by Gasteiger charge is 2.29. The lowest BCUT2D eigenvalue weighted by atomic mass is 10.1. The summed E-state index contributed by atoms with van der Waals surface area (Å²) in [5.41, 5.74) is 4.32. The molecule has 3 nitrogen and oxygen atoms in total. The zero-order valence-electron chi connectivity index (χ0n) is 14.9. The van der Waals surface area contributed by atoms with Crippen LogP contribution >= 0.6 is 11.6 Å². The van der Waals surface area contributed by atoms with Gasteiger partial charge in [0.2, 0.25) is 5.78 Å². The standard InChI is InChI=1S/C22H22ClN2O/c1-2-16-5-7-18(8-6-16)21(26)15-24-14-20(25-13-3-4-22(24)25)17-9-11-19(23)12-10-17/h5-12,14H,2-4,13,15H2,1H3/q+1. The number of fused-ring (bicyclic) bond motifs is 1. The van der Waals surface area contributed by atoms with Gasteiger partial charge in [-0.15, -0.1) is 0 Å². The Morgan fingerprint density at radius 2 is 1.85 bits per heavy atom. The first-order chi connectivity index (χ1) is 12.7. The van der Waals surface area contributed by atoms with Crippen molar-refractivity contribution in [1.82, 2.24) is 4.57 Å². The van der Waals surface area contributed by atoms with Crippen molar-refractivity contribution >= 4 is 17.4 Å². The Morgan fingerprint density at radius 3 is 2.54 bits per heavy atom. The zero-order chi connectivity index (χ0) is 18.1. The van der Waals surface area contributed by atoms with Crippen molar-refractivity contribution in [3.63, 3.8) is 0 Å². The topological polar surface area (TPSA) is 25.9 Å². The van der Waals surface area contributed by atoms with Crippen LogP contribution in [-0.4, -0.2) is 10.4 Å². The minimum atomic E-state index is 0.153. The molecule has 0 spiro atoms. The average Bonchev–Trinajstić information content (AvgIpc) is 3.26. The van der Waals surface area contributed by atoms with Gasteiger partial charge in [-0.05, 0) is 42.7 Å². The molecule has 0 saturated carbocycles. The van der Waals surface area contributed by atoms with Gasteiger partial charge in [0.05, 0.1) is 13.0 Å². The fraction of sp³-hybridized carbons (Fsp3) is 0.273. The summed E-state index contributed by atoms with van der Waals surface area (Å²) in [4.78, 5) is 12.8. The number of carbonyl (C=O) groups is 1. The number of aryl methyl sites for hydroxylation is 1. The van der Waals surface area contributed by atoms with Crippen LogP contribution < -0.4 is 4.57 Å². The van der Waals surface area contributed by atoms with Crippen LogP contribution in [0.1, 0.15) is 35.1 Å². The molecule has 2 heterocycles. The molecule has 0 amide bonds. The average molecular weight is 366 g/mol. The molecule has 0 saturated heterocycles. The fourth-order valence-electron chi connectivity index (χ4n) is 3.67. The van der Waals surface area contributed by atoms with Gasteiger partial charge >= 0.3 is 0 Å². The zero-order valence-corrected chi connectivity index (χ0v) is 15.7. The van der Waals surface area contributed by atoms with Crippen LogP contribution in [0.2, 0.25) is 5.02 Å². The third-order valence-electron chi connectivity index (χ3n) is 5.13. The highest BCUT2D eigenvalue weighted by molar-refractivity contribution is 6.30. The summed E-state index contributed by atoms with van der Waals surface area (Å²) in [5, 5.41) is 0.737. The third-order valence-corrected chi connectivity index (χ3v) is 5.38. The van der Waals surface area contributed by atoms with Crippen LogP contribution in [0.4, 0.5) is 0 Å². The van der Waals surface area contributed by atoms with Crippen molar-refractivity contribution in [2.24, 2.45) is 0 Å². The van der Waals surface area contributed by atoms with Crippen LogP contribution in [0.25, 0.3) is 11.3 Å². The summed E-state index contributed by atoms with van der Waals surface area (Å²) in [6.07, 6.45) is 5.22. The molecular weight excluding hydrogens is 344 g/mol. The highest BCUT2D eigenvalue weighted by Crippen LogP contribution is 2.26. The molecule has 132 valence electrons. The molecule has 0 fully saturated rings. The predicted molar refractivity (Wildman–Crippen MR) is 104 cm³/mol. The molecule has 0 aliphatic carbocycles. The number of hydrogen-bond acceptors (Lipinski definition) is 1. The van der Waals surface area contributed by atoms with Gasteiger partial charge in [0, 0.05) is 16.1 Å². The van der Waals surface area contributed by atoms with E-state index in [2.05, 4.69) is 22.3 Å². The number of aromatic nitrogens is 2. The number of hydrogen-bond donors (Lipinski definition) is 0. The molecule has 1 aliphatic heterocycles. The van der Waals surface area contributed by atoms with Crippen LogP contribution in [0.3, 0.4) is 0 Å². The number of rotatable bonds is 5. The van der Waals surface area contributed by atoms with Crippen molar-refractivity contribution in [3.8, 4) is 11.3 Å². The van der Waals surface area contributed by atoms with E-state index in [0.717, 1.165) is 47.7 Å². The van der Waals surface area contributed by atoms with Crippen molar-refractivity contribution in [2.75, 3.05) is 0 Å². The number of halogens is 1. The number of ketones is 1. The molecule has 3 aromatic rings. The SMILES string of the molecule is CCc1ccc(C(=O)C[n+]2cc(-c3ccc(Cl)cc3)n3c2CCC3)cc1. The van der Waals surface area contributed by atoms with E-state index in [9.17, 15) is 4.79 Å². The van der Waals surface area contributed by atoms with E-state index in [4.69, 9.17) is 11.6 Å². The Hall–Kier alpha value is -2.39. The number of benzene rings is 2. The minimum Gasteiger partial charge on any atom is -0.290 e. The van der Waals surface area contributed by atoms with Gasteiger partial charge in [-0.2, -0.15) is 0 Å². The van der Waals surface area contributed by atoms with Gasteiger partial charge in [-0.3, -0.25) is 4.79 Å². The molecule has 0 unspecified atom stereocenters. The first-order valence-corrected chi connectivity index (χ1v) is 9.53. The fourth-order valence-corrected chi connectivity index (χ4v) is 3.80. The second-order valence-corrected chi connectivity index (χ2v) is 7.23. The van der Waals surface area contributed by atoms with E-state index < -0.39 is 0 Å². The van der Waals surface area contributed by atoms with E-state index >= 15 is 0 Å². The van der Waals surface area contributed by atoms with Crippen LogP contribution in [0.15, 0.2) is 54.7 Å². The summed E-state index contributed by atoms with van der Waals surface area (Å²) in [6.45, 7) is 3.50. The highest BCUT2D eigenvalue weighted by atomic mass is 35.5. The molecule has 2 aromatic carbocycles. The summed E-state index contributed by atoms with van der Waals surface area (Å²) in [7, 11) is 0. The number of imidazole rings is 1. The maximum Gasteiger partial charge on any atom is 0.257 e. The van der Waals surface area contributed by atoms with E-state index in [1.165, 1.54) is 11.4 Å². The predicted octanol–water partition coefficient (Wildman–Crippen LogP) is 4.49.